The van der Waals surface area contributed by atoms with Gasteiger partial charge in [0.15, 0.2) is 0 Å². The van der Waals surface area contributed by atoms with Crippen molar-refractivity contribution in [3.63, 3.8) is 0 Å². The Morgan fingerprint density at radius 1 is 1.10 bits per heavy atom. The van der Waals surface area contributed by atoms with Gasteiger partial charge in [0.1, 0.15) is 5.82 Å². The zero-order chi connectivity index (χ0) is 20.9. The number of amides is 1. The van der Waals surface area contributed by atoms with E-state index in [-0.39, 0.29) is 18.1 Å². The standard InChI is InChI=1S/C22H29N5O3/c1-16-14-27(15-17(2)30-16)21(28)19-5-3-18(4-6-19)13-24-22-23-8-7-20(25-22)26-9-11-29-12-10-26/h3-8,16-17H,9-15H2,1-2H3,(H,23,24,25)/t16-,17-/m0/s1. The lowest BCUT2D eigenvalue weighted by Gasteiger charge is -2.35. The molecule has 8 nitrogen and oxygen atoms in total. The number of nitrogens with zero attached hydrogens (tertiary/aromatic N) is 4. The normalized spacial score (nSPS) is 22.1. The van der Waals surface area contributed by atoms with Gasteiger partial charge in [-0.1, -0.05) is 12.1 Å². The average Bonchev–Trinajstić information content (AvgIpc) is 2.78. The van der Waals surface area contributed by atoms with Crippen molar-refractivity contribution in [2.45, 2.75) is 32.6 Å². The Hall–Kier alpha value is -2.71. The molecule has 30 heavy (non-hydrogen) atoms. The van der Waals surface area contributed by atoms with Crippen molar-refractivity contribution in [2.75, 3.05) is 49.6 Å². The van der Waals surface area contributed by atoms with Crippen LogP contribution < -0.4 is 10.2 Å². The van der Waals surface area contributed by atoms with Gasteiger partial charge in [-0.05, 0) is 37.6 Å². The van der Waals surface area contributed by atoms with Crippen LogP contribution in [0, 0.1) is 0 Å². The van der Waals surface area contributed by atoms with Crippen molar-refractivity contribution in [2.24, 2.45) is 0 Å². The van der Waals surface area contributed by atoms with Crippen molar-refractivity contribution in [3.05, 3.63) is 47.7 Å². The van der Waals surface area contributed by atoms with E-state index in [9.17, 15) is 4.79 Å². The summed E-state index contributed by atoms with van der Waals surface area (Å²) < 4.78 is 11.1. The smallest absolute Gasteiger partial charge is 0.254 e. The van der Waals surface area contributed by atoms with Gasteiger partial charge in [-0.15, -0.1) is 0 Å². The van der Waals surface area contributed by atoms with Crippen molar-refractivity contribution in [1.29, 1.82) is 0 Å². The predicted molar refractivity (Wildman–Crippen MR) is 115 cm³/mol. The van der Waals surface area contributed by atoms with Crippen LogP contribution in [-0.4, -0.2) is 72.4 Å². The third-order valence-corrected chi connectivity index (χ3v) is 5.33. The first-order chi connectivity index (χ1) is 14.6. The molecular formula is C22H29N5O3. The number of carbonyl (C=O) groups excluding carboxylic acids is 1. The number of rotatable bonds is 5. The average molecular weight is 412 g/mol. The highest BCUT2D eigenvalue weighted by molar-refractivity contribution is 5.94. The topological polar surface area (TPSA) is 79.8 Å². The number of hydrogen-bond acceptors (Lipinski definition) is 7. The molecule has 1 aromatic heterocycles. The monoisotopic (exact) mass is 411 g/mol. The molecular weight excluding hydrogens is 382 g/mol. The molecule has 4 rings (SSSR count). The number of morpholine rings is 2. The predicted octanol–water partition coefficient (Wildman–Crippen LogP) is 2.17. The summed E-state index contributed by atoms with van der Waals surface area (Å²) >= 11 is 0. The van der Waals surface area contributed by atoms with Gasteiger partial charge in [-0.25, -0.2) is 4.98 Å². The maximum Gasteiger partial charge on any atom is 0.254 e. The lowest BCUT2D eigenvalue weighted by Crippen LogP contribution is -2.48. The Morgan fingerprint density at radius 2 is 1.80 bits per heavy atom. The van der Waals surface area contributed by atoms with Crippen molar-refractivity contribution in [1.82, 2.24) is 14.9 Å². The Bertz CT molecular complexity index is 844. The molecule has 8 heteroatoms. The first-order valence-corrected chi connectivity index (χ1v) is 10.5. The van der Waals surface area contributed by atoms with Gasteiger partial charge in [0.25, 0.3) is 5.91 Å². The number of hydrogen-bond donors (Lipinski definition) is 1. The zero-order valence-corrected chi connectivity index (χ0v) is 17.6. The number of benzene rings is 1. The lowest BCUT2D eigenvalue weighted by atomic mass is 10.1. The number of aromatic nitrogens is 2. The molecule has 0 saturated carbocycles. The Kier molecular flexibility index (Phi) is 6.44. The fourth-order valence-corrected chi connectivity index (χ4v) is 3.88. The third kappa shape index (κ3) is 5.06. The molecule has 2 aromatic rings. The minimum absolute atomic E-state index is 0.0538. The van der Waals surface area contributed by atoms with E-state index in [1.807, 2.05) is 49.1 Å². The van der Waals surface area contributed by atoms with Crippen LogP contribution in [0.4, 0.5) is 11.8 Å². The second kappa shape index (κ2) is 9.40. The Balaban J connectivity index is 1.34. The van der Waals surface area contributed by atoms with Gasteiger partial charge in [0.05, 0.1) is 25.4 Å². The maximum atomic E-state index is 12.8. The molecule has 160 valence electrons. The molecule has 0 radical (unpaired) electrons. The van der Waals surface area contributed by atoms with Crippen molar-refractivity contribution in [3.8, 4) is 0 Å². The summed E-state index contributed by atoms with van der Waals surface area (Å²) in [5, 5.41) is 3.27. The van der Waals surface area contributed by atoms with Gasteiger partial charge in [-0.2, -0.15) is 4.98 Å². The number of anilines is 2. The molecule has 2 fully saturated rings. The molecule has 0 bridgehead atoms. The van der Waals surface area contributed by atoms with Gasteiger partial charge in [0, 0.05) is 44.5 Å². The van der Waals surface area contributed by atoms with Crippen LogP contribution in [0.5, 0.6) is 0 Å². The van der Waals surface area contributed by atoms with Crippen molar-refractivity contribution >= 4 is 17.7 Å². The highest BCUT2D eigenvalue weighted by atomic mass is 16.5. The summed E-state index contributed by atoms with van der Waals surface area (Å²) in [6.45, 7) is 8.97. The summed E-state index contributed by atoms with van der Waals surface area (Å²) in [6, 6.07) is 9.63. The van der Waals surface area contributed by atoms with E-state index in [4.69, 9.17) is 9.47 Å². The van der Waals surface area contributed by atoms with Crippen LogP contribution in [0.1, 0.15) is 29.8 Å². The number of carbonyl (C=O) groups is 1. The fourth-order valence-electron chi connectivity index (χ4n) is 3.88. The Morgan fingerprint density at radius 3 is 2.50 bits per heavy atom. The van der Waals surface area contributed by atoms with Gasteiger partial charge >= 0.3 is 0 Å². The summed E-state index contributed by atoms with van der Waals surface area (Å²) in [5.74, 6) is 1.55. The van der Waals surface area contributed by atoms with E-state index in [2.05, 4.69) is 20.2 Å². The summed E-state index contributed by atoms with van der Waals surface area (Å²) in [5.41, 5.74) is 1.77. The van der Waals surface area contributed by atoms with Gasteiger partial charge < -0.3 is 24.6 Å². The molecule has 2 aliphatic heterocycles. The van der Waals surface area contributed by atoms with Gasteiger partial charge in [-0.3, -0.25) is 4.79 Å². The lowest BCUT2D eigenvalue weighted by molar-refractivity contribution is -0.0586. The SMILES string of the molecule is C[C@H]1CN(C(=O)c2ccc(CNc3nccc(N4CCOCC4)n3)cc2)C[C@H](C)O1. The van der Waals surface area contributed by atoms with Crippen LogP contribution in [-0.2, 0) is 16.0 Å². The second-order valence-electron chi connectivity index (χ2n) is 7.86. The van der Waals surface area contributed by atoms with Crippen LogP contribution >= 0.6 is 0 Å². The second-order valence-corrected chi connectivity index (χ2v) is 7.86. The minimum atomic E-state index is 0.0538. The van der Waals surface area contributed by atoms with Crippen LogP contribution in [0.2, 0.25) is 0 Å². The molecule has 3 heterocycles. The maximum absolute atomic E-state index is 12.8. The molecule has 2 aliphatic rings. The quantitative estimate of drug-likeness (QED) is 0.808. The first-order valence-electron chi connectivity index (χ1n) is 10.5. The van der Waals surface area contributed by atoms with E-state index in [0.717, 1.165) is 37.7 Å². The zero-order valence-electron chi connectivity index (χ0n) is 17.6. The van der Waals surface area contributed by atoms with Crippen LogP contribution in [0.15, 0.2) is 36.5 Å². The number of nitrogens with one attached hydrogen (secondary N) is 1. The molecule has 1 amide bonds. The molecule has 0 aliphatic carbocycles. The fraction of sp³-hybridized carbons (Fsp3) is 0.500. The number of ether oxygens (including phenoxy) is 2. The van der Waals surface area contributed by atoms with Crippen molar-refractivity contribution < 1.29 is 14.3 Å². The molecule has 0 spiro atoms. The summed E-state index contributed by atoms with van der Waals surface area (Å²) in [6.07, 6.45) is 1.90. The Labute approximate surface area is 177 Å². The first kappa shape index (κ1) is 20.6. The van der Waals surface area contributed by atoms with Crippen LogP contribution in [0.3, 0.4) is 0 Å². The minimum Gasteiger partial charge on any atom is -0.378 e. The summed E-state index contributed by atoms with van der Waals surface area (Å²) in [4.78, 5) is 25.8. The highest BCUT2D eigenvalue weighted by Gasteiger charge is 2.26. The van der Waals surface area contributed by atoms with E-state index in [1.165, 1.54) is 0 Å². The molecule has 1 aromatic carbocycles. The largest absolute Gasteiger partial charge is 0.378 e. The third-order valence-electron chi connectivity index (χ3n) is 5.33. The van der Waals surface area contributed by atoms with E-state index in [1.54, 1.807) is 6.20 Å². The van der Waals surface area contributed by atoms with Crippen LogP contribution in [0.25, 0.3) is 0 Å². The van der Waals surface area contributed by atoms with E-state index >= 15 is 0 Å². The van der Waals surface area contributed by atoms with Gasteiger partial charge in [0.2, 0.25) is 5.95 Å². The molecule has 0 unspecified atom stereocenters. The van der Waals surface area contributed by atoms with E-state index in [0.29, 0.717) is 31.1 Å². The highest BCUT2D eigenvalue weighted by Crippen LogP contribution is 2.17. The summed E-state index contributed by atoms with van der Waals surface area (Å²) in [7, 11) is 0. The molecule has 1 N–H and O–H groups in total. The van der Waals surface area contributed by atoms with E-state index < -0.39 is 0 Å². The molecule has 2 atom stereocenters. The molecule has 2 saturated heterocycles.